The largest absolute Gasteiger partial charge is 0.406 e. The minimum Gasteiger partial charge on any atom is -0.406 e. The van der Waals surface area contributed by atoms with Crippen LogP contribution in [0, 0.1) is 17.8 Å². The molecule has 2 aliphatic heterocycles. The number of rotatable bonds is 1. The van der Waals surface area contributed by atoms with E-state index < -0.39 is 5.40 Å². The number of hydrogen-bond donors (Lipinski definition) is 2. The minimum atomic E-state index is -0.491. The van der Waals surface area contributed by atoms with E-state index in [1.165, 1.54) is 0 Å². The lowest BCUT2D eigenvalue weighted by atomic mass is 9.57. The van der Waals surface area contributed by atoms with Gasteiger partial charge in [-0.25, -0.2) is 0 Å². The van der Waals surface area contributed by atoms with E-state index in [-0.39, 0.29) is 5.54 Å². The van der Waals surface area contributed by atoms with Gasteiger partial charge in [-0.1, -0.05) is 0 Å². The third kappa shape index (κ3) is 0.326. The van der Waals surface area contributed by atoms with Gasteiger partial charge in [-0.05, 0) is 24.3 Å². The average Bonchev–Trinajstić information content (AvgIpc) is 2.53. The first-order valence-corrected chi connectivity index (χ1v) is 4.06. The van der Waals surface area contributed by atoms with E-state index in [1.54, 1.807) is 0 Å². The highest BCUT2D eigenvalue weighted by Crippen LogP contribution is 2.81. The second-order valence-corrected chi connectivity index (χ2v) is 4.52. The topological polar surface area (TPSA) is 32.3 Å². The van der Waals surface area contributed by atoms with Crippen LogP contribution in [-0.2, 0) is 0 Å². The van der Waals surface area contributed by atoms with Crippen molar-refractivity contribution >= 4 is 15.7 Å². The summed E-state index contributed by atoms with van der Waals surface area (Å²) in [6.45, 7) is 1.15. The molecule has 4 aliphatic rings. The Hall–Kier alpha value is 0.0499. The van der Waals surface area contributed by atoms with Crippen molar-refractivity contribution in [1.82, 2.24) is 5.32 Å². The second kappa shape index (κ2) is 1.10. The fourth-order valence-electron chi connectivity index (χ4n) is 3.18. The molecule has 0 aromatic heterocycles. The van der Waals surface area contributed by atoms with Gasteiger partial charge in [0.15, 0.2) is 0 Å². The first-order chi connectivity index (χ1) is 4.59. The summed E-state index contributed by atoms with van der Waals surface area (Å²) in [5.41, 5.74) is 0.164. The van der Waals surface area contributed by atoms with Gasteiger partial charge in [-0.15, -0.1) is 0 Å². The normalized spacial score (nSPS) is 61.9. The van der Waals surface area contributed by atoms with Gasteiger partial charge in [-0.3, -0.25) is 0 Å². The molecule has 52 valence electrons. The smallest absolute Gasteiger partial charge is 0.134 e. The van der Waals surface area contributed by atoms with Crippen LogP contribution in [0.5, 0.6) is 0 Å². The fraction of sp³-hybridized carbons (Fsp3) is 1.00. The van der Waals surface area contributed by atoms with E-state index in [2.05, 4.69) is 5.32 Å². The number of aliphatic hydroxyl groups is 1. The van der Waals surface area contributed by atoms with Gasteiger partial charge < -0.3 is 10.4 Å². The summed E-state index contributed by atoms with van der Waals surface area (Å²) in [4.78, 5) is 0. The molecular formula is C6H11B2NO. The Morgan fingerprint density at radius 1 is 1.50 bits per heavy atom. The molecule has 2 N–H and O–H groups in total. The molecule has 2 unspecified atom stereocenters. The fourth-order valence-corrected chi connectivity index (χ4v) is 3.18. The molecule has 10 heavy (non-hydrogen) atoms. The summed E-state index contributed by atoms with van der Waals surface area (Å²) in [5, 5.41) is 12.7. The molecule has 2 atom stereocenters. The van der Waals surface area contributed by atoms with E-state index in [9.17, 15) is 5.11 Å². The molecule has 4 rings (SSSR count). The summed E-state index contributed by atoms with van der Waals surface area (Å²) >= 11 is 0. The number of hydrogen-bond acceptors (Lipinski definition) is 2. The maximum atomic E-state index is 9.77. The van der Waals surface area contributed by atoms with Crippen molar-refractivity contribution in [3.63, 3.8) is 0 Å². The van der Waals surface area contributed by atoms with Crippen LogP contribution in [-0.4, -0.2) is 38.3 Å². The predicted octanol–water partition coefficient (Wildman–Crippen LogP) is -2.88. The Kier molecular flexibility index (Phi) is 0.626. The number of fused-ring (bicyclic) bond motifs is 1. The van der Waals surface area contributed by atoms with Crippen LogP contribution >= 0.6 is 0 Å². The second-order valence-electron chi connectivity index (χ2n) is 4.52. The third-order valence-electron chi connectivity index (χ3n) is 3.75. The molecule has 0 spiro atoms. The van der Waals surface area contributed by atoms with Gasteiger partial charge in [0.05, 0.1) is 0 Å². The summed E-state index contributed by atoms with van der Waals surface area (Å²) in [5.74, 6) is 2.62. The van der Waals surface area contributed by atoms with E-state index >= 15 is 0 Å². The van der Waals surface area contributed by atoms with Crippen LogP contribution in [0.1, 0.15) is 0 Å². The molecule has 4 heteroatoms. The van der Waals surface area contributed by atoms with Crippen LogP contribution in [0.15, 0.2) is 0 Å². The minimum absolute atomic E-state index is 0.164. The molecule has 2 aliphatic carbocycles. The van der Waals surface area contributed by atoms with Gasteiger partial charge in [0.1, 0.15) is 15.7 Å². The highest BCUT2D eigenvalue weighted by Gasteiger charge is 2.90. The molecule has 2 saturated heterocycles. The van der Waals surface area contributed by atoms with Gasteiger partial charge >= 0.3 is 0 Å². The molecule has 2 bridgehead atoms. The van der Waals surface area contributed by atoms with Crippen LogP contribution in [0.4, 0.5) is 0 Å². The van der Waals surface area contributed by atoms with Gasteiger partial charge in [-0.2, -0.15) is 0 Å². The zero-order valence-corrected chi connectivity index (χ0v) is 6.39. The lowest BCUT2D eigenvalue weighted by molar-refractivity contribution is 0.136. The SMILES string of the molecule is BC(B)(O)[C@]12NC[C@H]3C1C32. The highest BCUT2D eigenvalue weighted by atomic mass is 16.3. The van der Waals surface area contributed by atoms with Crippen LogP contribution in [0.2, 0.25) is 0 Å². The van der Waals surface area contributed by atoms with E-state index in [1.807, 2.05) is 15.7 Å². The van der Waals surface area contributed by atoms with Crippen molar-refractivity contribution in [2.75, 3.05) is 6.54 Å². The Labute approximate surface area is 62.2 Å². The number of piperidine rings is 1. The molecule has 2 heterocycles. The standard InChI is InChI=1S/C6H11B2NO/c7-6(8,10)5-3-2(1-9-5)4(3)5/h2-4,9-10H,1,7-8H2/t2-,3?,4?,5-. The first-order valence-electron chi connectivity index (χ1n) is 4.06. The monoisotopic (exact) mass is 135 g/mol. The summed E-state index contributed by atoms with van der Waals surface area (Å²) in [6, 6.07) is 0. The lowest BCUT2D eigenvalue weighted by Crippen LogP contribution is -2.55. The van der Waals surface area contributed by atoms with Crippen molar-refractivity contribution < 1.29 is 5.11 Å². The maximum Gasteiger partial charge on any atom is 0.134 e. The predicted molar refractivity (Wildman–Crippen MR) is 43.2 cm³/mol. The van der Waals surface area contributed by atoms with Gasteiger partial charge in [0.25, 0.3) is 0 Å². The van der Waals surface area contributed by atoms with Crippen molar-refractivity contribution in [1.29, 1.82) is 0 Å². The summed E-state index contributed by atoms with van der Waals surface area (Å²) < 4.78 is 0. The van der Waals surface area contributed by atoms with Crippen LogP contribution in [0.3, 0.4) is 0 Å². The number of nitrogens with one attached hydrogen (secondary N) is 1. The third-order valence-corrected chi connectivity index (χ3v) is 3.75. The average molecular weight is 135 g/mol. The zero-order valence-electron chi connectivity index (χ0n) is 6.39. The van der Waals surface area contributed by atoms with E-state index in [0.717, 1.165) is 24.3 Å². The summed E-state index contributed by atoms with van der Waals surface area (Å²) in [7, 11) is 3.85. The molecule has 2 saturated carbocycles. The molecule has 0 amide bonds. The Morgan fingerprint density at radius 2 is 2.10 bits per heavy atom. The molecule has 0 aromatic carbocycles. The maximum absolute atomic E-state index is 9.77. The molecule has 2 nitrogen and oxygen atoms in total. The quantitative estimate of drug-likeness (QED) is 0.378. The zero-order chi connectivity index (χ0) is 7.15. The Bertz CT molecular complexity index is 202. The van der Waals surface area contributed by atoms with E-state index in [4.69, 9.17) is 0 Å². The molecule has 0 radical (unpaired) electrons. The van der Waals surface area contributed by atoms with Crippen LogP contribution in [0.25, 0.3) is 0 Å². The van der Waals surface area contributed by atoms with Crippen molar-refractivity contribution in [3.8, 4) is 0 Å². The van der Waals surface area contributed by atoms with Crippen LogP contribution < -0.4 is 5.32 Å². The summed E-state index contributed by atoms with van der Waals surface area (Å²) in [6.07, 6.45) is 0. The van der Waals surface area contributed by atoms with Gasteiger partial charge in [0, 0.05) is 10.9 Å². The Balaban J connectivity index is 1.97. The van der Waals surface area contributed by atoms with Crippen molar-refractivity contribution in [2.24, 2.45) is 17.8 Å². The van der Waals surface area contributed by atoms with E-state index in [0.29, 0.717) is 0 Å². The lowest BCUT2D eigenvalue weighted by Gasteiger charge is -2.31. The highest BCUT2D eigenvalue weighted by molar-refractivity contribution is 6.40. The molecule has 0 aromatic rings. The first kappa shape index (κ1) is 5.67. The molecular weight excluding hydrogens is 124 g/mol. The van der Waals surface area contributed by atoms with Crippen molar-refractivity contribution in [3.05, 3.63) is 0 Å². The van der Waals surface area contributed by atoms with Crippen molar-refractivity contribution in [2.45, 2.75) is 10.9 Å². The molecule has 4 fully saturated rings. The Morgan fingerprint density at radius 3 is 2.30 bits per heavy atom. The van der Waals surface area contributed by atoms with Gasteiger partial charge in [0.2, 0.25) is 0 Å².